The van der Waals surface area contributed by atoms with E-state index in [1.165, 1.54) is 25.3 Å². The third kappa shape index (κ3) is 15.5. The van der Waals surface area contributed by atoms with Crippen LogP contribution in [0.5, 0.6) is 6.01 Å². The number of hydrogen-bond acceptors (Lipinski definition) is 21. The number of anilines is 7. The van der Waals surface area contributed by atoms with Crippen molar-refractivity contribution in [1.82, 2.24) is 29.9 Å². The molecular weight excluding hydrogens is 803 g/mol. The summed E-state index contributed by atoms with van der Waals surface area (Å²) in [5.74, 6) is -1.25. The van der Waals surface area contributed by atoms with E-state index in [1.54, 1.807) is 43.5 Å². The van der Waals surface area contributed by atoms with Gasteiger partial charge in [-0.2, -0.15) is 55.2 Å². The Morgan fingerprint density at radius 1 is 0.667 bits per heavy atom. The van der Waals surface area contributed by atoms with Gasteiger partial charge in [0.1, 0.15) is 4.90 Å². The van der Waals surface area contributed by atoms with Crippen LogP contribution in [0.3, 0.4) is 0 Å². The molecule has 0 saturated carbocycles. The van der Waals surface area contributed by atoms with Crippen molar-refractivity contribution in [3.63, 3.8) is 0 Å². The van der Waals surface area contributed by atoms with E-state index in [0.29, 0.717) is 11.3 Å². The van der Waals surface area contributed by atoms with Gasteiger partial charge in [-0.05, 0) is 35.4 Å². The second kappa shape index (κ2) is 18.9. The van der Waals surface area contributed by atoms with Crippen LogP contribution in [0.1, 0.15) is 11.1 Å². The quantitative estimate of drug-likeness (QED) is 0.0533. The fourth-order valence-electron chi connectivity index (χ4n) is 3.88. The van der Waals surface area contributed by atoms with Gasteiger partial charge < -0.3 is 31.3 Å². The van der Waals surface area contributed by atoms with Crippen molar-refractivity contribution >= 4 is 94.2 Å². The first-order valence-corrected chi connectivity index (χ1v) is 20.2. The molecule has 24 nitrogen and oxygen atoms in total. The Balaban J connectivity index is 0.00000186. The molecule has 28 heteroatoms. The number of aromatic nitrogens is 6. The van der Waals surface area contributed by atoms with Gasteiger partial charge in [0.15, 0.2) is 0 Å². The second-order valence-electron chi connectivity index (χ2n) is 10.1. The molecule has 0 unspecified atom stereocenters. The van der Waals surface area contributed by atoms with Gasteiger partial charge in [-0.1, -0.05) is 30.4 Å². The third-order valence-corrected chi connectivity index (χ3v) is 8.46. The Hall–Kier alpha value is -5.65. The Labute approximate surface area is 309 Å². The topological polar surface area (TPSA) is 361 Å². The fourth-order valence-corrected chi connectivity index (χ4v) is 5.31. The lowest BCUT2D eigenvalue weighted by molar-refractivity contribution is 0.379. The van der Waals surface area contributed by atoms with Crippen LogP contribution in [0.25, 0.3) is 12.2 Å². The lowest BCUT2D eigenvalue weighted by atomic mass is 10.1. The van der Waals surface area contributed by atoms with Gasteiger partial charge >= 0.3 is 16.6 Å². The SMILES string of the molecule is CNc1nc(Nc2ccc(C=Cc3ccc(Nc4nc(NCCS(=O)(=O)O)nc(NCCS(=O)(=O)O)n4)cc3)c(S(=O)(=O)O)c2)nc(OC)n1.O=S(=O)=O. The smallest absolute Gasteiger partial charge is 0.425 e. The van der Waals surface area contributed by atoms with Crippen LogP contribution in [-0.4, -0.2) is 120 Å². The minimum atomic E-state index is -4.66. The van der Waals surface area contributed by atoms with E-state index in [1.807, 2.05) is 0 Å². The van der Waals surface area contributed by atoms with Gasteiger partial charge in [-0.15, -0.1) is 12.6 Å². The zero-order valence-corrected chi connectivity index (χ0v) is 31.0. The highest BCUT2D eigenvalue weighted by Crippen LogP contribution is 2.26. The molecule has 0 radical (unpaired) electrons. The highest BCUT2D eigenvalue weighted by molar-refractivity contribution is 7.86. The van der Waals surface area contributed by atoms with Crippen LogP contribution in [0, 0.1) is 0 Å². The van der Waals surface area contributed by atoms with E-state index in [0.717, 1.165) is 0 Å². The Morgan fingerprint density at radius 2 is 1.13 bits per heavy atom. The molecule has 0 saturated heterocycles. The first kappa shape index (κ1) is 42.8. The molecule has 8 N–H and O–H groups in total. The first-order valence-electron chi connectivity index (χ1n) is 14.6. The summed E-state index contributed by atoms with van der Waals surface area (Å²) in [4.78, 5) is 24.1. The number of rotatable bonds is 17. The first-order chi connectivity index (χ1) is 25.2. The molecular formula is C26H31N11O13S4. The maximum atomic E-state index is 12.3. The van der Waals surface area contributed by atoms with E-state index >= 15 is 0 Å². The maximum absolute atomic E-state index is 12.3. The number of ether oxygens (including phenoxy) is 1. The standard InChI is InChI=1S/C26H31N11O10S3.O3S/c1-27-21-32-25(37-26(36-21)47-2)31-19-10-7-17(20(15-19)50(44,45)46)6-3-16-4-8-18(9-5-16)30-24-34-22(28-11-13-48(38,39)40)33-23(35-24)29-12-14-49(41,42)43;1-4(2)3/h3-10,15H,11-14H2,1-2H3,(H,38,39,40)(H,41,42,43)(H,44,45,46)(H2,27,31,32,36,37)(H3,28,29,30,33,34,35);. The zero-order chi connectivity index (χ0) is 40.1. The van der Waals surface area contributed by atoms with Crippen molar-refractivity contribution in [3.8, 4) is 6.01 Å². The Morgan fingerprint density at radius 3 is 1.63 bits per heavy atom. The molecule has 0 aliphatic heterocycles. The molecule has 0 fully saturated rings. The summed E-state index contributed by atoms with van der Waals surface area (Å²) in [5.41, 5.74) is 1.54. The summed E-state index contributed by atoms with van der Waals surface area (Å²) < 4.78 is 127. The summed E-state index contributed by atoms with van der Waals surface area (Å²) in [7, 11) is -13.3. The van der Waals surface area contributed by atoms with Gasteiger partial charge in [0.2, 0.25) is 29.7 Å². The summed E-state index contributed by atoms with van der Waals surface area (Å²) in [6, 6.07) is 10.9. The van der Waals surface area contributed by atoms with Gasteiger partial charge in [-0.25, -0.2) is 0 Å². The number of hydrogen-bond donors (Lipinski definition) is 8. The third-order valence-electron chi connectivity index (χ3n) is 6.11. The highest BCUT2D eigenvalue weighted by atomic mass is 32.2. The van der Waals surface area contributed by atoms with Crippen LogP contribution in [-0.2, 0) is 41.0 Å². The van der Waals surface area contributed by atoms with E-state index < -0.39 is 52.5 Å². The maximum Gasteiger partial charge on any atom is 0.425 e. The average Bonchev–Trinajstić information content (AvgIpc) is 3.06. The molecule has 0 aliphatic rings. The highest BCUT2D eigenvalue weighted by Gasteiger charge is 2.16. The summed E-state index contributed by atoms with van der Waals surface area (Å²) in [6.45, 7) is -0.504. The zero-order valence-electron chi connectivity index (χ0n) is 27.8. The van der Waals surface area contributed by atoms with Gasteiger partial charge in [0.25, 0.3) is 30.4 Å². The summed E-state index contributed by atoms with van der Waals surface area (Å²) in [5, 5.41) is 13.8. The van der Waals surface area contributed by atoms with Gasteiger partial charge in [-0.3, -0.25) is 13.7 Å². The van der Waals surface area contributed by atoms with Gasteiger partial charge in [0, 0.05) is 31.5 Å². The summed E-state index contributed by atoms with van der Waals surface area (Å²) in [6.07, 6.45) is 3.09. The van der Waals surface area contributed by atoms with E-state index in [2.05, 4.69) is 56.5 Å². The van der Waals surface area contributed by atoms with Crippen molar-refractivity contribution in [2.45, 2.75) is 4.90 Å². The molecule has 2 aromatic carbocycles. The van der Waals surface area contributed by atoms with Gasteiger partial charge in [0.05, 0.1) is 18.6 Å². The normalized spacial score (nSPS) is 11.6. The molecule has 4 rings (SSSR count). The second-order valence-corrected chi connectivity index (χ2v) is 15.0. The average molecular weight is 834 g/mol. The van der Waals surface area contributed by atoms with Crippen molar-refractivity contribution in [2.75, 3.05) is 65.3 Å². The number of nitrogens with one attached hydrogen (secondary N) is 5. The van der Waals surface area contributed by atoms with Crippen molar-refractivity contribution in [3.05, 3.63) is 53.6 Å². The van der Waals surface area contributed by atoms with Crippen molar-refractivity contribution < 1.29 is 56.3 Å². The molecule has 0 atom stereocenters. The van der Waals surface area contributed by atoms with E-state index in [4.69, 9.17) is 26.5 Å². The predicted octanol–water partition coefficient (Wildman–Crippen LogP) is 0.607. The molecule has 54 heavy (non-hydrogen) atoms. The summed E-state index contributed by atoms with van der Waals surface area (Å²) >= 11 is 0. The molecule has 0 bridgehead atoms. The lowest BCUT2D eigenvalue weighted by Gasteiger charge is -2.11. The molecule has 292 valence electrons. The Bertz CT molecular complexity index is 2340. The number of benzene rings is 2. The van der Waals surface area contributed by atoms with Crippen LogP contribution < -0.4 is 31.3 Å². The minimum Gasteiger partial charge on any atom is -0.467 e. The van der Waals surface area contributed by atoms with Crippen LogP contribution in [0.2, 0.25) is 0 Å². The van der Waals surface area contributed by atoms with Crippen LogP contribution in [0.4, 0.5) is 41.1 Å². The fraction of sp³-hybridized carbons (Fsp3) is 0.231. The lowest BCUT2D eigenvalue weighted by Crippen LogP contribution is -2.19. The largest absolute Gasteiger partial charge is 0.467 e. The monoisotopic (exact) mass is 833 g/mol. The molecule has 0 aliphatic carbocycles. The molecule has 0 spiro atoms. The van der Waals surface area contributed by atoms with E-state index in [9.17, 15) is 29.8 Å². The molecule has 2 heterocycles. The van der Waals surface area contributed by atoms with Crippen molar-refractivity contribution in [1.29, 1.82) is 0 Å². The van der Waals surface area contributed by atoms with E-state index in [-0.39, 0.29) is 65.0 Å². The molecule has 4 aromatic rings. The number of methoxy groups -OCH3 is 1. The minimum absolute atomic E-state index is 0.0157. The molecule has 0 amide bonds. The Kier molecular flexibility index (Phi) is 15.0. The molecule has 2 aromatic heterocycles. The predicted molar refractivity (Wildman–Crippen MR) is 193 cm³/mol. The van der Waals surface area contributed by atoms with Crippen LogP contribution >= 0.6 is 0 Å². The van der Waals surface area contributed by atoms with Crippen molar-refractivity contribution in [2.24, 2.45) is 0 Å². The number of nitrogens with zero attached hydrogens (tertiary/aromatic N) is 6. The van der Waals surface area contributed by atoms with Crippen LogP contribution in [0.15, 0.2) is 47.4 Å².